The predicted octanol–water partition coefficient (Wildman–Crippen LogP) is 3.94. The van der Waals surface area contributed by atoms with Gasteiger partial charge in [0.15, 0.2) is 6.23 Å². The van der Waals surface area contributed by atoms with Crippen LogP contribution in [0.15, 0.2) is 67.8 Å². The molecule has 15 atom stereocenters. The van der Waals surface area contributed by atoms with Gasteiger partial charge < -0.3 is 69.4 Å². The summed E-state index contributed by atoms with van der Waals surface area (Å²) in [6.45, 7) is 19.1. The Hall–Kier alpha value is -6.49. The number of fused-ring (bicyclic) bond motifs is 7. The summed E-state index contributed by atoms with van der Waals surface area (Å²) in [6, 6.07) is 2.68. The molecule has 29 heteroatoms. The molecule has 6 aliphatic rings. The molecule has 2 saturated heterocycles. The predicted molar refractivity (Wildman–Crippen MR) is 334 cm³/mol. The van der Waals surface area contributed by atoms with Gasteiger partial charge >= 0.3 is 24.6 Å². The number of nitrogens with two attached hydrogens (primary N) is 6. The molecule has 8 rings (SSSR count). The third kappa shape index (κ3) is 13.8. The van der Waals surface area contributed by atoms with Gasteiger partial charge in [-0.2, -0.15) is 5.70 Å². The van der Waals surface area contributed by atoms with E-state index in [-0.39, 0.29) is 94.0 Å². The quantitative estimate of drug-likeness (QED) is 0.0596. The van der Waals surface area contributed by atoms with E-state index in [1.165, 1.54) is 13.3 Å². The van der Waals surface area contributed by atoms with Crippen LogP contribution in [0.2, 0.25) is 0 Å². The number of ether oxygens (including phenoxy) is 1. The summed E-state index contributed by atoms with van der Waals surface area (Å²) in [7, 11) is -5.07. The molecule has 2 fully saturated rings. The Morgan fingerprint density at radius 1 is 0.780 bits per heavy atom. The van der Waals surface area contributed by atoms with E-state index in [0.29, 0.717) is 56.4 Å². The summed E-state index contributed by atoms with van der Waals surface area (Å²) in [6.07, 6.45) is -4.47. The molecule has 8 bridgehead atoms. The number of benzene rings is 1. The molecule has 15 unspecified atom stereocenters. The Labute approximate surface area is 539 Å². The molecule has 7 amide bonds. The Balaban J connectivity index is 0.0000118. The Kier molecular flexibility index (Phi) is 21.2. The first kappa shape index (κ1) is 71.9. The van der Waals surface area contributed by atoms with Gasteiger partial charge in [0.25, 0.3) is 0 Å². The topological polar surface area (TPSA) is 462 Å². The molecule has 6 aliphatic heterocycles. The summed E-state index contributed by atoms with van der Waals surface area (Å²) < 4.78 is 32.3. The Morgan fingerprint density at radius 3 is 1.96 bits per heavy atom. The zero-order chi connectivity index (χ0) is 66.7. The van der Waals surface area contributed by atoms with Gasteiger partial charge in [-0.25, -0.2) is 9.55 Å². The van der Waals surface area contributed by atoms with Crippen LogP contribution in [0.25, 0.3) is 16.4 Å². The number of phosphoric ester groups is 1. The number of hydrogen-bond donors (Lipinski definition) is 10. The van der Waals surface area contributed by atoms with Gasteiger partial charge in [0.1, 0.15) is 18.3 Å². The van der Waals surface area contributed by atoms with Gasteiger partial charge in [-0.3, -0.25) is 57.6 Å². The molecule has 1 aromatic carbocycles. The van der Waals surface area contributed by atoms with E-state index >= 15 is 0 Å². The number of amides is 7. The van der Waals surface area contributed by atoms with Crippen LogP contribution in [0.4, 0.5) is 0 Å². The van der Waals surface area contributed by atoms with Crippen molar-refractivity contribution in [2.45, 2.75) is 189 Å². The summed E-state index contributed by atoms with van der Waals surface area (Å²) in [4.78, 5) is 125. The van der Waals surface area contributed by atoms with Crippen LogP contribution in [0.1, 0.15) is 150 Å². The van der Waals surface area contributed by atoms with Crippen molar-refractivity contribution in [3.63, 3.8) is 0 Å². The number of nitrogens with one attached hydrogen (secondary N) is 1. The molecule has 498 valence electrons. The maximum absolute atomic E-state index is 14.4. The number of carbonyl (C=O) groups is 7. The van der Waals surface area contributed by atoms with Crippen molar-refractivity contribution in [2.24, 2.45) is 94.7 Å². The Morgan fingerprint density at radius 2 is 1.37 bits per heavy atom. The van der Waals surface area contributed by atoms with Crippen LogP contribution in [0.3, 0.4) is 0 Å². The van der Waals surface area contributed by atoms with E-state index < -0.39 is 143 Å². The smallest absolute Gasteiger partial charge is 0.682 e. The van der Waals surface area contributed by atoms with Gasteiger partial charge in [-0.15, -0.1) is 0 Å². The first-order valence-electron chi connectivity index (χ1n) is 30.5. The molecule has 91 heavy (non-hydrogen) atoms. The first-order chi connectivity index (χ1) is 41.8. The summed E-state index contributed by atoms with van der Waals surface area (Å²) >= 11 is 0. The number of aliphatic imine (C=N–C) groups is 3. The third-order valence-corrected chi connectivity index (χ3v) is 21.6. The molecule has 0 radical (unpaired) electrons. The standard InChI is InChI=1S/C62H90N13O14P.Co/c1-29-20-39-40(21-30(29)2)75(28-70-39)57-52(84)53(41(27-76)87-57)89-90(85,86)88-31(3)26-69-49(83)18-19-59(8)37(22-46(66)80)56-62(11)61(10,25-48(68)82)36(14-17-45(65)79)51(74-62)33(5)55-60(9,24-47(67)81)34(12-15-43(63)77)38(71-55)23-42-58(6,7)35(13-16-44(64)78)50(72-42)32(4)54(59)73-56;/h20-21,23,28,31,34-37,41,52-53,56-57,76,84H,12-19,22,24-27H2,1-11H3,(H15,63,64,65,66,67,68,69,71,72,73,74,77,78,79,80,81,82,83,85,86);/q;+3/p-1. The van der Waals surface area contributed by atoms with Crippen LogP contribution < -0.4 is 39.7 Å². The van der Waals surface area contributed by atoms with E-state index in [1.807, 2.05) is 80.5 Å². The van der Waals surface area contributed by atoms with Gasteiger partial charge in [-0.1, -0.05) is 40.7 Å². The second kappa shape index (κ2) is 26.8. The fourth-order valence-corrected chi connectivity index (χ4v) is 16.5. The molecular formula is C62H89CoN13O14P+2. The molecule has 0 aliphatic carbocycles. The van der Waals surface area contributed by atoms with Crippen molar-refractivity contribution >= 4 is 77.3 Å². The minimum Gasteiger partial charge on any atom is -0.682 e. The van der Waals surface area contributed by atoms with Crippen molar-refractivity contribution in [3.8, 4) is 0 Å². The molecule has 1 aromatic heterocycles. The molecule has 0 spiro atoms. The van der Waals surface area contributed by atoms with Crippen LogP contribution >= 0.6 is 7.82 Å². The van der Waals surface area contributed by atoms with Crippen molar-refractivity contribution in [1.82, 2.24) is 14.9 Å². The van der Waals surface area contributed by atoms with Gasteiger partial charge in [0, 0.05) is 108 Å². The summed E-state index contributed by atoms with van der Waals surface area (Å²) in [5.74, 6) is -7.34. The maximum Gasteiger partial charge on any atom is 3.00 e. The van der Waals surface area contributed by atoms with E-state index in [0.717, 1.165) is 11.1 Å². The number of allylic oxidation sites excluding steroid dienone is 6. The largest absolute Gasteiger partial charge is 3.00 e. The average molecular weight is 1330 g/mol. The Bertz CT molecular complexity index is 3540. The van der Waals surface area contributed by atoms with E-state index in [4.69, 9.17) is 68.5 Å². The van der Waals surface area contributed by atoms with E-state index in [9.17, 15) is 53.2 Å². The molecule has 16 N–H and O–H groups in total. The van der Waals surface area contributed by atoms with Crippen molar-refractivity contribution in [3.05, 3.63) is 69.2 Å². The SMILES string of the molecule is CC1=C2N=C(C=C3N=C(C(C)=C4[N-]C(C(CC(N)=O)C4(C)CCC(=O)NCC(C)OP(=O)(O)OC4C(CO)OC(n5cnc6cc(C)c(C)cc65)C4O)C4(C)N=C1C(CCC(N)=O)C4(C)CC(N)=O)C(CCC(N)=O)C3(C)C)C(CCC(N)=O)C2(C)CC(N)=O.[Co+3]. The second-order valence-corrected chi connectivity index (χ2v) is 28.4. The molecule has 0 saturated carbocycles. The van der Waals surface area contributed by atoms with Crippen LogP contribution in [0, 0.1) is 59.2 Å². The van der Waals surface area contributed by atoms with Crippen molar-refractivity contribution in [2.75, 3.05) is 13.2 Å². The molecule has 27 nitrogen and oxygen atoms in total. The number of nitrogens with zero attached hydrogens (tertiary/aromatic N) is 6. The normalized spacial score (nSPS) is 31.7. The summed E-state index contributed by atoms with van der Waals surface area (Å²) in [5.41, 5.74) is 36.8. The van der Waals surface area contributed by atoms with Gasteiger partial charge in [-0.05, 0) is 119 Å². The van der Waals surface area contributed by atoms with Gasteiger partial charge in [0.05, 0.1) is 41.3 Å². The molecule has 7 heterocycles. The third-order valence-electron chi connectivity index (χ3n) is 20.5. The fraction of sp³-hybridized carbons (Fsp3) is 0.629. The number of hydrogen-bond acceptors (Lipinski definition) is 17. The monoisotopic (exact) mass is 1330 g/mol. The maximum atomic E-state index is 14.4. The second-order valence-electron chi connectivity index (χ2n) is 27.0. The number of aliphatic hydroxyl groups excluding tert-OH is 2. The van der Waals surface area contributed by atoms with Gasteiger partial charge in [0.2, 0.25) is 41.4 Å². The van der Waals surface area contributed by atoms with Crippen LogP contribution in [0.5, 0.6) is 0 Å². The first-order valence-corrected chi connectivity index (χ1v) is 32.0. The van der Waals surface area contributed by atoms with E-state index in [2.05, 4.69) is 10.3 Å². The zero-order valence-corrected chi connectivity index (χ0v) is 55.5. The van der Waals surface area contributed by atoms with Crippen LogP contribution in [-0.4, -0.2) is 132 Å². The number of imidazole rings is 1. The molecular weight excluding hydrogens is 1240 g/mol. The van der Waals surface area contributed by atoms with Crippen molar-refractivity contribution in [1.29, 1.82) is 0 Å². The molecule has 2 aromatic rings. The number of rotatable bonds is 26. The summed E-state index contributed by atoms with van der Waals surface area (Å²) in [5, 5.41) is 30.2. The number of aromatic nitrogens is 2. The number of phosphoric acid groups is 1. The fourth-order valence-electron chi connectivity index (χ4n) is 15.3. The van der Waals surface area contributed by atoms with Crippen LogP contribution in [-0.2, 0) is 68.7 Å². The number of aliphatic hydroxyl groups is 2. The van der Waals surface area contributed by atoms with Crippen molar-refractivity contribution < 1.29 is 83.8 Å². The number of aryl methyl sites for hydroxylation is 2. The minimum atomic E-state index is -5.07. The minimum absolute atomic E-state index is 0. The number of carbonyl (C=O) groups excluding carboxylic acids is 7. The number of primary amides is 6. The average Bonchev–Trinajstić information content (AvgIpc) is 1.53. The zero-order valence-electron chi connectivity index (χ0n) is 53.5. The van der Waals surface area contributed by atoms with E-state index in [1.54, 1.807) is 11.5 Å².